The van der Waals surface area contributed by atoms with E-state index >= 15 is 0 Å². The summed E-state index contributed by atoms with van der Waals surface area (Å²) in [4.78, 5) is 14.0. The number of nitrogens with zero attached hydrogens (tertiary/aromatic N) is 1. The van der Waals surface area contributed by atoms with Crippen molar-refractivity contribution in [2.75, 3.05) is 0 Å². The third-order valence-corrected chi connectivity index (χ3v) is 6.52. The van der Waals surface area contributed by atoms with Crippen LogP contribution in [0.4, 0.5) is 0 Å². The van der Waals surface area contributed by atoms with Gasteiger partial charge >= 0.3 is 5.97 Å². The summed E-state index contributed by atoms with van der Waals surface area (Å²) >= 11 is 13.1. The van der Waals surface area contributed by atoms with Crippen LogP contribution in [-0.2, 0) is 4.79 Å². The Kier molecular flexibility index (Phi) is 4.96. The maximum absolute atomic E-state index is 11.5. The first kappa shape index (κ1) is 17.8. The van der Waals surface area contributed by atoms with Gasteiger partial charge in [-0.2, -0.15) is 0 Å². The minimum atomic E-state index is -0.673. The Bertz CT molecular complexity index is 766. The molecule has 0 amide bonds. The summed E-state index contributed by atoms with van der Waals surface area (Å²) < 4.78 is 0. The number of hydrogen-bond donors (Lipinski definition) is 1. The smallest absolute Gasteiger partial charge is 0.306 e. The van der Waals surface area contributed by atoms with E-state index in [1.807, 2.05) is 36.4 Å². The van der Waals surface area contributed by atoms with E-state index in [1.165, 1.54) is 0 Å². The normalized spacial score (nSPS) is 25.6. The molecule has 2 atom stereocenters. The van der Waals surface area contributed by atoms with Gasteiger partial charge in [0.1, 0.15) is 0 Å². The van der Waals surface area contributed by atoms with Gasteiger partial charge in [0, 0.05) is 22.1 Å². The molecule has 5 heteroatoms. The molecule has 136 valence electrons. The lowest BCUT2D eigenvalue weighted by Gasteiger charge is -2.43. The summed E-state index contributed by atoms with van der Waals surface area (Å²) in [6, 6.07) is 16.2. The first-order valence-corrected chi connectivity index (χ1v) is 9.81. The van der Waals surface area contributed by atoms with E-state index in [0.29, 0.717) is 12.8 Å². The van der Waals surface area contributed by atoms with Crippen molar-refractivity contribution in [3.63, 3.8) is 0 Å². The van der Waals surface area contributed by atoms with E-state index in [1.54, 1.807) is 0 Å². The monoisotopic (exact) mass is 389 g/mol. The highest BCUT2D eigenvalue weighted by Crippen LogP contribution is 2.48. The fourth-order valence-electron chi connectivity index (χ4n) is 4.72. The van der Waals surface area contributed by atoms with Gasteiger partial charge in [0.2, 0.25) is 0 Å². The highest BCUT2D eigenvalue weighted by molar-refractivity contribution is 6.32. The minimum absolute atomic E-state index is 0.0513. The number of hydrogen-bond acceptors (Lipinski definition) is 2. The molecule has 0 radical (unpaired) electrons. The molecule has 2 heterocycles. The lowest BCUT2D eigenvalue weighted by atomic mass is 9.86. The van der Waals surface area contributed by atoms with Gasteiger partial charge in [0.25, 0.3) is 0 Å². The highest BCUT2D eigenvalue weighted by atomic mass is 35.5. The fourth-order valence-corrected chi connectivity index (χ4v) is 5.20. The van der Waals surface area contributed by atoms with Crippen molar-refractivity contribution in [2.45, 2.75) is 43.8 Å². The lowest BCUT2D eigenvalue weighted by Crippen LogP contribution is -2.47. The van der Waals surface area contributed by atoms with Crippen molar-refractivity contribution in [2.24, 2.45) is 5.92 Å². The van der Waals surface area contributed by atoms with E-state index in [4.69, 9.17) is 23.2 Å². The summed E-state index contributed by atoms with van der Waals surface area (Å²) in [6.45, 7) is 0. The molecule has 2 bridgehead atoms. The Balaban J connectivity index is 1.79. The number of rotatable bonds is 4. The van der Waals surface area contributed by atoms with E-state index in [0.717, 1.165) is 34.0 Å². The largest absolute Gasteiger partial charge is 0.481 e. The molecular weight excluding hydrogens is 369 g/mol. The van der Waals surface area contributed by atoms with Crippen LogP contribution in [0, 0.1) is 5.92 Å². The molecule has 0 aromatic heterocycles. The molecule has 2 aromatic rings. The Morgan fingerprint density at radius 1 is 0.923 bits per heavy atom. The van der Waals surface area contributed by atoms with Gasteiger partial charge in [0.15, 0.2) is 0 Å². The van der Waals surface area contributed by atoms with Crippen LogP contribution in [0.5, 0.6) is 0 Å². The van der Waals surface area contributed by atoms with Crippen molar-refractivity contribution >= 4 is 29.2 Å². The minimum Gasteiger partial charge on any atom is -0.481 e. The van der Waals surface area contributed by atoms with Crippen molar-refractivity contribution < 1.29 is 9.90 Å². The van der Waals surface area contributed by atoms with Crippen molar-refractivity contribution in [3.8, 4) is 0 Å². The Morgan fingerprint density at radius 2 is 1.38 bits per heavy atom. The molecule has 2 aliphatic rings. The van der Waals surface area contributed by atoms with E-state index in [-0.39, 0.29) is 24.0 Å². The predicted molar refractivity (Wildman–Crippen MR) is 104 cm³/mol. The lowest BCUT2D eigenvalue weighted by molar-refractivity contribution is -0.144. The average molecular weight is 390 g/mol. The van der Waals surface area contributed by atoms with Gasteiger partial charge in [-0.25, -0.2) is 0 Å². The molecule has 0 saturated carbocycles. The summed E-state index contributed by atoms with van der Waals surface area (Å²) in [6.07, 6.45) is 3.44. The van der Waals surface area contributed by atoms with Crippen LogP contribution in [-0.4, -0.2) is 28.1 Å². The van der Waals surface area contributed by atoms with Crippen LogP contribution in [0.1, 0.15) is 42.9 Å². The van der Waals surface area contributed by atoms with Crippen molar-refractivity contribution in [1.29, 1.82) is 0 Å². The first-order valence-electron chi connectivity index (χ1n) is 9.05. The zero-order chi connectivity index (χ0) is 18.3. The van der Waals surface area contributed by atoms with Crippen LogP contribution in [0.3, 0.4) is 0 Å². The molecule has 2 aliphatic heterocycles. The highest BCUT2D eigenvalue weighted by Gasteiger charge is 2.47. The maximum atomic E-state index is 11.5. The molecule has 2 unspecified atom stereocenters. The second kappa shape index (κ2) is 7.22. The number of aliphatic carboxylic acids is 1. The Morgan fingerprint density at radius 3 is 1.81 bits per heavy atom. The molecule has 0 spiro atoms. The second-order valence-corrected chi connectivity index (χ2v) is 8.10. The van der Waals surface area contributed by atoms with Gasteiger partial charge in [-0.15, -0.1) is 0 Å². The summed E-state index contributed by atoms with van der Waals surface area (Å²) in [5.41, 5.74) is 2.07. The van der Waals surface area contributed by atoms with Gasteiger partial charge in [0.05, 0.1) is 12.0 Å². The third kappa shape index (κ3) is 3.13. The van der Waals surface area contributed by atoms with Crippen LogP contribution in [0.2, 0.25) is 10.0 Å². The molecule has 3 nitrogen and oxygen atoms in total. The van der Waals surface area contributed by atoms with Crippen LogP contribution >= 0.6 is 23.2 Å². The molecule has 0 aliphatic carbocycles. The SMILES string of the molecule is O=C(O)C1CC2CCC(C1)N2C(c1ccccc1Cl)c1ccccc1Cl. The predicted octanol–water partition coefficient (Wildman–Crippen LogP) is 5.41. The molecule has 26 heavy (non-hydrogen) atoms. The summed E-state index contributed by atoms with van der Waals surface area (Å²) in [5.74, 6) is -0.921. The van der Waals surface area contributed by atoms with Crippen molar-refractivity contribution in [3.05, 3.63) is 69.7 Å². The maximum Gasteiger partial charge on any atom is 0.306 e. The number of carboxylic acids is 1. The molecule has 4 rings (SSSR count). The zero-order valence-corrected chi connectivity index (χ0v) is 15.8. The molecular formula is C21H21Cl2NO2. The summed E-state index contributed by atoms with van der Waals surface area (Å²) in [7, 11) is 0. The van der Waals surface area contributed by atoms with Crippen molar-refractivity contribution in [1.82, 2.24) is 4.90 Å². The molecule has 1 N–H and O–H groups in total. The standard InChI is InChI=1S/C21H21Cl2NO2/c22-18-7-3-1-5-16(18)20(17-6-2-4-8-19(17)23)24-14-9-10-15(24)12-13(11-14)21(25)26/h1-8,13-15,20H,9-12H2,(H,25,26). The van der Waals surface area contributed by atoms with Gasteiger partial charge in [-0.3, -0.25) is 9.69 Å². The Hall–Kier alpha value is -1.55. The topological polar surface area (TPSA) is 40.5 Å². The quantitative estimate of drug-likeness (QED) is 0.759. The molecule has 2 fully saturated rings. The van der Waals surface area contributed by atoms with Crippen LogP contribution in [0.15, 0.2) is 48.5 Å². The fraction of sp³-hybridized carbons (Fsp3) is 0.381. The number of fused-ring (bicyclic) bond motifs is 2. The number of halogens is 2. The second-order valence-electron chi connectivity index (χ2n) is 7.28. The summed E-state index contributed by atoms with van der Waals surface area (Å²) in [5, 5.41) is 10.9. The van der Waals surface area contributed by atoms with Gasteiger partial charge in [-0.05, 0) is 48.9 Å². The molecule has 2 aromatic carbocycles. The molecule has 2 saturated heterocycles. The van der Waals surface area contributed by atoms with Crippen LogP contribution < -0.4 is 0 Å². The number of benzene rings is 2. The van der Waals surface area contributed by atoms with E-state index in [2.05, 4.69) is 17.0 Å². The first-order chi connectivity index (χ1) is 12.6. The third-order valence-electron chi connectivity index (χ3n) is 5.84. The average Bonchev–Trinajstić information content (AvgIpc) is 2.87. The van der Waals surface area contributed by atoms with Crippen LogP contribution in [0.25, 0.3) is 0 Å². The number of carboxylic acid groups (broad SMARTS) is 1. The Labute approximate surface area is 163 Å². The van der Waals surface area contributed by atoms with E-state index in [9.17, 15) is 9.90 Å². The number of carbonyl (C=O) groups is 1. The van der Waals surface area contributed by atoms with Gasteiger partial charge < -0.3 is 5.11 Å². The van der Waals surface area contributed by atoms with Gasteiger partial charge in [-0.1, -0.05) is 59.6 Å². The van der Waals surface area contributed by atoms with E-state index < -0.39 is 5.97 Å². The number of piperidine rings is 1. The zero-order valence-electron chi connectivity index (χ0n) is 14.3.